The number of fused-ring (bicyclic) bond motifs is 2. The van der Waals surface area contributed by atoms with Gasteiger partial charge in [-0.25, -0.2) is 0 Å². The largest absolute Gasteiger partial charge is 0.398 e. The van der Waals surface area contributed by atoms with Crippen LogP contribution in [0.25, 0.3) is 10.9 Å². The van der Waals surface area contributed by atoms with Crippen LogP contribution in [-0.2, 0) is 0 Å². The minimum Gasteiger partial charge on any atom is -0.398 e. The summed E-state index contributed by atoms with van der Waals surface area (Å²) in [6.07, 6.45) is 2.34. The average molecular weight is 359 g/mol. The lowest BCUT2D eigenvalue weighted by atomic mass is 9.87. The Bertz CT molecular complexity index is 1020. The first-order chi connectivity index (χ1) is 13.0. The van der Waals surface area contributed by atoms with Crippen LogP contribution < -0.4 is 5.73 Å². The molecule has 2 heterocycles. The number of nitrogens with two attached hydrogens (primary N) is 1. The Balaban J connectivity index is 1.79. The number of rotatable bonds is 4. The van der Waals surface area contributed by atoms with Crippen LogP contribution in [0.1, 0.15) is 52.5 Å². The van der Waals surface area contributed by atoms with E-state index in [0.717, 1.165) is 16.5 Å². The zero-order valence-electron chi connectivity index (χ0n) is 15.3. The van der Waals surface area contributed by atoms with Crippen LogP contribution in [0.5, 0.6) is 0 Å². The monoisotopic (exact) mass is 359 g/mol. The number of pyridine rings is 1. The predicted molar refractivity (Wildman–Crippen MR) is 106 cm³/mol. The molecule has 1 aliphatic heterocycles. The van der Waals surface area contributed by atoms with E-state index in [0.29, 0.717) is 23.2 Å². The summed E-state index contributed by atoms with van der Waals surface area (Å²) in [5.41, 5.74) is 9.65. The van der Waals surface area contributed by atoms with Gasteiger partial charge in [0.25, 0.3) is 11.8 Å². The van der Waals surface area contributed by atoms with E-state index in [4.69, 9.17) is 5.73 Å². The standard InChI is InChI=1S/C22H21N3O2/c1-3-19(25-21(26)15-7-4-5-8-16(15)22(25)27)13(2)14-9-6-10-18-20(14)17(23)11-12-24-18/h4-13,19H,3H2,1-2H3,(H2,23,24). The Morgan fingerprint density at radius 3 is 2.30 bits per heavy atom. The molecule has 1 aliphatic rings. The van der Waals surface area contributed by atoms with Crippen molar-refractivity contribution >= 4 is 28.4 Å². The number of nitrogen functional groups attached to an aromatic ring is 1. The van der Waals surface area contributed by atoms with E-state index in [1.165, 1.54) is 4.90 Å². The van der Waals surface area contributed by atoms with Crippen molar-refractivity contribution in [3.63, 3.8) is 0 Å². The summed E-state index contributed by atoms with van der Waals surface area (Å²) in [4.78, 5) is 31.7. The minimum absolute atomic E-state index is 0.0765. The van der Waals surface area contributed by atoms with Crippen molar-refractivity contribution in [3.8, 4) is 0 Å². The molecule has 136 valence electrons. The van der Waals surface area contributed by atoms with Crippen LogP contribution in [-0.4, -0.2) is 27.7 Å². The molecule has 2 unspecified atom stereocenters. The third-order valence-electron chi connectivity index (χ3n) is 5.47. The third-order valence-corrected chi connectivity index (χ3v) is 5.47. The molecule has 0 saturated heterocycles. The molecule has 0 spiro atoms. The lowest BCUT2D eigenvalue weighted by molar-refractivity contribution is 0.0559. The summed E-state index contributed by atoms with van der Waals surface area (Å²) in [5.74, 6) is -0.520. The molecule has 2 amide bonds. The second kappa shape index (κ2) is 6.50. The Labute approximate surface area is 157 Å². The van der Waals surface area contributed by atoms with Gasteiger partial charge < -0.3 is 5.73 Å². The number of hydrogen-bond donors (Lipinski definition) is 1. The molecule has 0 aliphatic carbocycles. The summed E-state index contributed by atoms with van der Waals surface area (Å²) in [6.45, 7) is 4.04. The number of benzene rings is 2. The van der Waals surface area contributed by atoms with Gasteiger partial charge in [0.15, 0.2) is 0 Å². The zero-order chi connectivity index (χ0) is 19.1. The van der Waals surface area contributed by atoms with Crippen molar-refractivity contribution in [3.05, 3.63) is 71.4 Å². The van der Waals surface area contributed by atoms with Crippen molar-refractivity contribution in [2.75, 3.05) is 5.73 Å². The highest BCUT2D eigenvalue weighted by atomic mass is 16.2. The number of imide groups is 1. The fourth-order valence-electron chi connectivity index (χ4n) is 4.12. The zero-order valence-corrected chi connectivity index (χ0v) is 15.3. The first-order valence-corrected chi connectivity index (χ1v) is 9.14. The van der Waals surface area contributed by atoms with E-state index >= 15 is 0 Å². The number of carbonyl (C=O) groups excluding carboxylic acids is 2. The number of amides is 2. The van der Waals surface area contributed by atoms with Gasteiger partial charge in [-0.15, -0.1) is 0 Å². The Morgan fingerprint density at radius 2 is 1.67 bits per heavy atom. The second-order valence-electron chi connectivity index (χ2n) is 6.93. The summed E-state index contributed by atoms with van der Waals surface area (Å²) >= 11 is 0. The van der Waals surface area contributed by atoms with Gasteiger partial charge in [-0.05, 0) is 36.2 Å². The van der Waals surface area contributed by atoms with Crippen molar-refractivity contribution in [1.29, 1.82) is 0 Å². The third kappa shape index (κ3) is 2.58. The quantitative estimate of drug-likeness (QED) is 0.715. The molecular weight excluding hydrogens is 338 g/mol. The van der Waals surface area contributed by atoms with Crippen LogP contribution in [0.2, 0.25) is 0 Å². The molecule has 0 fully saturated rings. The molecule has 0 bridgehead atoms. The normalized spacial score (nSPS) is 15.9. The lowest BCUT2D eigenvalue weighted by Gasteiger charge is -2.31. The van der Waals surface area contributed by atoms with Crippen LogP contribution in [0.4, 0.5) is 5.69 Å². The summed E-state index contributed by atoms with van der Waals surface area (Å²) in [7, 11) is 0. The van der Waals surface area contributed by atoms with Gasteiger partial charge in [0.1, 0.15) is 0 Å². The maximum Gasteiger partial charge on any atom is 0.261 e. The highest BCUT2D eigenvalue weighted by molar-refractivity contribution is 6.21. The van der Waals surface area contributed by atoms with E-state index in [-0.39, 0.29) is 23.8 Å². The maximum atomic E-state index is 12.9. The summed E-state index contributed by atoms with van der Waals surface area (Å²) in [5, 5.41) is 0.891. The van der Waals surface area contributed by atoms with Gasteiger partial charge in [-0.1, -0.05) is 38.1 Å². The highest BCUT2D eigenvalue weighted by Gasteiger charge is 2.41. The van der Waals surface area contributed by atoms with Crippen molar-refractivity contribution < 1.29 is 9.59 Å². The molecule has 0 radical (unpaired) electrons. The van der Waals surface area contributed by atoms with Gasteiger partial charge >= 0.3 is 0 Å². The van der Waals surface area contributed by atoms with Crippen LogP contribution in [0.15, 0.2) is 54.7 Å². The summed E-state index contributed by atoms with van der Waals surface area (Å²) < 4.78 is 0. The molecule has 27 heavy (non-hydrogen) atoms. The van der Waals surface area contributed by atoms with Crippen LogP contribution in [0, 0.1) is 0 Å². The summed E-state index contributed by atoms with van der Waals surface area (Å²) in [6, 6.07) is 14.4. The van der Waals surface area contributed by atoms with E-state index in [1.54, 1.807) is 36.5 Å². The van der Waals surface area contributed by atoms with Gasteiger partial charge in [0.2, 0.25) is 0 Å². The van der Waals surface area contributed by atoms with Crippen molar-refractivity contribution in [2.45, 2.75) is 32.2 Å². The lowest BCUT2D eigenvalue weighted by Crippen LogP contribution is -2.42. The molecule has 2 aromatic carbocycles. The molecule has 3 aromatic rings. The van der Waals surface area contributed by atoms with Gasteiger partial charge in [-0.3, -0.25) is 19.5 Å². The Morgan fingerprint density at radius 1 is 1.00 bits per heavy atom. The fraction of sp³-hybridized carbons (Fsp3) is 0.227. The molecule has 5 heteroatoms. The number of aromatic nitrogens is 1. The molecular formula is C22H21N3O2. The van der Waals surface area contributed by atoms with E-state index in [1.807, 2.05) is 32.0 Å². The Kier molecular flexibility index (Phi) is 4.15. The number of carbonyl (C=O) groups is 2. The molecule has 2 atom stereocenters. The molecule has 5 nitrogen and oxygen atoms in total. The van der Waals surface area contributed by atoms with E-state index in [9.17, 15) is 9.59 Å². The fourth-order valence-corrected chi connectivity index (χ4v) is 4.12. The smallest absolute Gasteiger partial charge is 0.261 e. The molecule has 4 rings (SSSR count). The minimum atomic E-state index is -0.261. The first kappa shape index (κ1) is 17.2. The van der Waals surface area contributed by atoms with Crippen molar-refractivity contribution in [1.82, 2.24) is 9.88 Å². The van der Waals surface area contributed by atoms with Crippen LogP contribution >= 0.6 is 0 Å². The Hall–Kier alpha value is -3.21. The molecule has 0 saturated carbocycles. The average Bonchev–Trinajstić information content (AvgIpc) is 2.94. The van der Waals surface area contributed by atoms with E-state index in [2.05, 4.69) is 4.98 Å². The number of hydrogen-bond acceptors (Lipinski definition) is 4. The topological polar surface area (TPSA) is 76.3 Å². The first-order valence-electron chi connectivity index (χ1n) is 9.14. The number of anilines is 1. The molecule has 2 N–H and O–H groups in total. The SMILES string of the molecule is CCC(C(C)c1cccc2nccc(N)c12)N1C(=O)c2ccccc2C1=O. The van der Waals surface area contributed by atoms with Crippen LogP contribution in [0.3, 0.4) is 0 Å². The number of nitrogens with zero attached hydrogens (tertiary/aromatic N) is 2. The van der Waals surface area contributed by atoms with Crippen molar-refractivity contribution in [2.24, 2.45) is 0 Å². The van der Waals surface area contributed by atoms with E-state index < -0.39 is 0 Å². The second-order valence-corrected chi connectivity index (χ2v) is 6.93. The maximum absolute atomic E-state index is 12.9. The van der Waals surface area contributed by atoms with Gasteiger partial charge in [0.05, 0.1) is 16.6 Å². The highest BCUT2D eigenvalue weighted by Crippen LogP contribution is 2.36. The molecule has 1 aromatic heterocycles. The van der Waals surface area contributed by atoms with Gasteiger partial charge in [0, 0.05) is 29.2 Å². The predicted octanol–water partition coefficient (Wildman–Crippen LogP) is 4.00. The van der Waals surface area contributed by atoms with Gasteiger partial charge in [-0.2, -0.15) is 0 Å².